The minimum Gasteiger partial charge on any atom is -0.323 e. The number of halogens is 1. The Hall–Kier alpha value is -2.45. The van der Waals surface area contributed by atoms with Gasteiger partial charge in [-0.15, -0.1) is 0 Å². The van der Waals surface area contributed by atoms with E-state index >= 15 is 0 Å². The Morgan fingerprint density at radius 2 is 2.08 bits per heavy atom. The first-order valence-electron chi connectivity index (χ1n) is 7.43. The quantitative estimate of drug-likeness (QED) is 0.669. The zero-order valence-corrected chi connectivity index (χ0v) is 14.6. The summed E-state index contributed by atoms with van der Waals surface area (Å²) < 4.78 is 12.6. The topological polar surface area (TPSA) is 71.1 Å². The largest absolute Gasteiger partial charge is 0.323 e. The Morgan fingerprint density at radius 3 is 2.92 bits per heavy atom. The molecule has 2 N–H and O–H groups in total. The first-order valence-corrected chi connectivity index (χ1v) is 9.06. The van der Waals surface area contributed by atoms with Crippen LogP contribution in [0.4, 0.5) is 15.2 Å². The van der Waals surface area contributed by atoms with Crippen molar-refractivity contribution in [2.75, 3.05) is 10.6 Å². The van der Waals surface area contributed by atoms with Gasteiger partial charge in [-0.2, -0.15) is 0 Å². The highest BCUT2D eigenvalue weighted by molar-refractivity contribution is 8.02. The fourth-order valence-corrected chi connectivity index (χ4v) is 4.47. The molecule has 1 atom stereocenters. The van der Waals surface area contributed by atoms with E-state index in [2.05, 4.69) is 15.6 Å². The molecule has 1 aliphatic heterocycles. The molecule has 0 radical (unpaired) electrons. The maximum Gasteiger partial charge on any atom is 0.252 e. The Balaban J connectivity index is 1.62. The number of carbonyl (C=O) groups excluding carboxylic acids is 2. The maximum atomic E-state index is 13.3. The maximum absolute atomic E-state index is 13.3. The first kappa shape index (κ1) is 16.0. The zero-order chi connectivity index (χ0) is 17.6. The molecular formula is C17H12FN3O2S2. The monoisotopic (exact) mass is 373 g/mol. The number of carbonyl (C=O) groups is 2. The van der Waals surface area contributed by atoms with Crippen LogP contribution in [0.15, 0.2) is 47.4 Å². The number of nitrogens with one attached hydrogen (secondary N) is 2. The number of para-hydroxylation sites is 1. The second-order valence-corrected chi connectivity index (χ2v) is 8.16. The third-order valence-electron chi connectivity index (χ3n) is 3.89. The van der Waals surface area contributed by atoms with Gasteiger partial charge in [0.15, 0.2) is 9.88 Å². The predicted molar refractivity (Wildman–Crippen MR) is 97.5 cm³/mol. The molecule has 1 unspecified atom stereocenters. The summed E-state index contributed by atoms with van der Waals surface area (Å²) in [6.07, 6.45) is 0. The van der Waals surface area contributed by atoms with Crippen molar-refractivity contribution in [1.29, 1.82) is 0 Å². The molecule has 2 amide bonds. The first-order chi connectivity index (χ1) is 12.0. The van der Waals surface area contributed by atoms with E-state index in [4.69, 9.17) is 0 Å². The summed E-state index contributed by atoms with van der Waals surface area (Å²) in [5, 5.41) is 5.78. The van der Waals surface area contributed by atoms with Gasteiger partial charge < -0.3 is 10.6 Å². The van der Waals surface area contributed by atoms with Crippen LogP contribution in [0, 0.1) is 5.82 Å². The third-order valence-corrected chi connectivity index (χ3v) is 6.18. The van der Waals surface area contributed by atoms with Crippen molar-refractivity contribution in [2.45, 2.75) is 16.6 Å². The number of anilines is 2. The van der Waals surface area contributed by atoms with Crippen molar-refractivity contribution >= 4 is 55.9 Å². The number of nitrogens with zero attached hydrogens (tertiary/aromatic N) is 1. The van der Waals surface area contributed by atoms with Crippen LogP contribution in [0.5, 0.6) is 0 Å². The third kappa shape index (κ3) is 2.77. The van der Waals surface area contributed by atoms with E-state index in [1.54, 1.807) is 19.1 Å². The van der Waals surface area contributed by atoms with Crippen LogP contribution >= 0.6 is 23.1 Å². The van der Waals surface area contributed by atoms with E-state index in [0.29, 0.717) is 21.0 Å². The standard InChI is InChI=1S/C17H12FN3O2S2/c1-17(14(22)19-10-4-2-3-5-12(10)25-17)15(23)21-16-20-11-7-6-9(18)8-13(11)24-16/h2-8H,1H3,(H,19,22)(H,20,21,23). The second kappa shape index (κ2) is 5.82. The second-order valence-electron chi connectivity index (χ2n) is 5.67. The van der Waals surface area contributed by atoms with Crippen molar-refractivity contribution < 1.29 is 14.0 Å². The van der Waals surface area contributed by atoms with Crippen LogP contribution in [0.25, 0.3) is 10.2 Å². The van der Waals surface area contributed by atoms with Gasteiger partial charge >= 0.3 is 0 Å². The van der Waals surface area contributed by atoms with Crippen molar-refractivity contribution in [3.05, 3.63) is 48.3 Å². The summed E-state index contributed by atoms with van der Waals surface area (Å²) in [4.78, 5) is 30.3. The van der Waals surface area contributed by atoms with Gasteiger partial charge in [0.2, 0.25) is 5.91 Å². The average molecular weight is 373 g/mol. The smallest absolute Gasteiger partial charge is 0.252 e. The lowest BCUT2D eigenvalue weighted by atomic mass is 10.1. The van der Waals surface area contributed by atoms with Gasteiger partial charge in [-0.05, 0) is 37.3 Å². The predicted octanol–water partition coefficient (Wildman–Crippen LogP) is 3.88. The van der Waals surface area contributed by atoms with Gasteiger partial charge in [0, 0.05) is 4.90 Å². The Labute approximate surface area is 150 Å². The molecule has 0 saturated carbocycles. The van der Waals surface area contributed by atoms with E-state index in [-0.39, 0.29) is 11.7 Å². The molecule has 5 nitrogen and oxygen atoms in total. The summed E-state index contributed by atoms with van der Waals surface area (Å²) in [6.45, 7) is 1.57. The summed E-state index contributed by atoms with van der Waals surface area (Å²) in [7, 11) is 0. The van der Waals surface area contributed by atoms with Crippen LogP contribution in [0.3, 0.4) is 0 Å². The van der Waals surface area contributed by atoms with Crippen molar-refractivity contribution in [3.63, 3.8) is 0 Å². The lowest BCUT2D eigenvalue weighted by molar-refractivity contribution is -0.126. The highest BCUT2D eigenvalue weighted by Gasteiger charge is 2.46. The molecule has 0 spiro atoms. The molecule has 0 aliphatic carbocycles. The van der Waals surface area contributed by atoms with Crippen molar-refractivity contribution in [1.82, 2.24) is 4.98 Å². The SMILES string of the molecule is CC1(C(=O)Nc2nc3ccc(F)cc3s2)Sc2ccccc2NC1=O. The normalized spacial score (nSPS) is 19.4. The number of aromatic nitrogens is 1. The van der Waals surface area contributed by atoms with E-state index in [9.17, 15) is 14.0 Å². The zero-order valence-electron chi connectivity index (χ0n) is 13.0. The van der Waals surface area contributed by atoms with Gasteiger partial charge in [0.1, 0.15) is 5.82 Å². The molecule has 126 valence electrons. The van der Waals surface area contributed by atoms with Gasteiger partial charge in [0.25, 0.3) is 5.91 Å². The summed E-state index contributed by atoms with van der Waals surface area (Å²) in [6, 6.07) is 11.5. The molecular weight excluding hydrogens is 361 g/mol. The van der Waals surface area contributed by atoms with Gasteiger partial charge in [0.05, 0.1) is 15.9 Å². The number of hydrogen-bond acceptors (Lipinski definition) is 5. The molecule has 1 aromatic heterocycles. The number of hydrogen-bond donors (Lipinski definition) is 2. The highest BCUT2D eigenvalue weighted by atomic mass is 32.2. The molecule has 2 aromatic carbocycles. The van der Waals surface area contributed by atoms with Crippen molar-refractivity contribution in [2.24, 2.45) is 0 Å². The summed E-state index contributed by atoms with van der Waals surface area (Å²) in [5.74, 6) is -1.22. The molecule has 1 aliphatic rings. The van der Waals surface area contributed by atoms with Crippen LogP contribution in [-0.2, 0) is 9.59 Å². The fourth-order valence-electron chi connectivity index (χ4n) is 2.48. The van der Waals surface area contributed by atoms with Crippen molar-refractivity contribution in [3.8, 4) is 0 Å². The molecule has 0 bridgehead atoms. The highest BCUT2D eigenvalue weighted by Crippen LogP contribution is 2.43. The minimum atomic E-state index is -1.32. The molecule has 3 aromatic rings. The molecule has 25 heavy (non-hydrogen) atoms. The molecule has 2 heterocycles. The van der Waals surface area contributed by atoms with E-state index in [0.717, 1.165) is 4.90 Å². The molecule has 0 saturated heterocycles. The lowest BCUT2D eigenvalue weighted by Crippen LogP contribution is -2.49. The molecule has 4 rings (SSSR count). The number of rotatable bonds is 2. The van der Waals surface area contributed by atoms with Crippen LogP contribution in [-0.4, -0.2) is 21.5 Å². The van der Waals surface area contributed by atoms with E-state index in [1.807, 2.05) is 18.2 Å². The number of thioether (sulfide) groups is 1. The number of fused-ring (bicyclic) bond motifs is 2. The van der Waals surface area contributed by atoms with Crippen LogP contribution in [0.1, 0.15) is 6.92 Å². The van der Waals surface area contributed by atoms with Crippen LogP contribution < -0.4 is 10.6 Å². The molecule has 0 fully saturated rings. The number of thiazole rings is 1. The van der Waals surface area contributed by atoms with E-state index in [1.165, 1.54) is 35.2 Å². The van der Waals surface area contributed by atoms with Crippen LogP contribution in [0.2, 0.25) is 0 Å². The van der Waals surface area contributed by atoms with Gasteiger partial charge in [-0.25, -0.2) is 9.37 Å². The summed E-state index contributed by atoms with van der Waals surface area (Å²) in [5.41, 5.74) is 1.29. The minimum absolute atomic E-state index is 0.332. The Morgan fingerprint density at radius 1 is 1.28 bits per heavy atom. The Kier molecular flexibility index (Phi) is 3.73. The summed E-state index contributed by atoms with van der Waals surface area (Å²) >= 11 is 2.36. The number of amides is 2. The van der Waals surface area contributed by atoms with Gasteiger partial charge in [-0.3, -0.25) is 9.59 Å². The Bertz CT molecular complexity index is 1020. The fraction of sp³-hybridized carbons (Fsp3) is 0.118. The lowest BCUT2D eigenvalue weighted by Gasteiger charge is -2.31. The van der Waals surface area contributed by atoms with E-state index < -0.39 is 10.7 Å². The molecule has 8 heteroatoms. The number of benzene rings is 2. The van der Waals surface area contributed by atoms with Gasteiger partial charge in [-0.1, -0.05) is 35.2 Å². The average Bonchev–Trinajstić information content (AvgIpc) is 2.97.